The van der Waals surface area contributed by atoms with Crippen molar-refractivity contribution in [3.63, 3.8) is 0 Å². The Hall–Kier alpha value is -1.11. The van der Waals surface area contributed by atoms with Gasteiger partial charge in [0.25, 0.3) is 0 Å². The molecule has 0 N–H and O–H groups in total. The average molecular weight is 162 g/mol. The first-order valence-corrected chi connectivity index (χ1v) is 3.09. The van der Waals surface area contributed by atoms with E-state index in [0.717, 1.165) is 0 Å². The number of alkyl halides is 2. The molecule has 0 heterocycles. The molecule has 62 valence electrons. The second-order valence-corrected chi connectivity index (χ2v) is 1.61. The third kappa shape index (κ3) is 5.34. The molecule has 0 aliphatic heterocycles. The van der Waals surface area contributed by atoms with E-state index in [1.807, 2.05) is 5.92 Å². The van der Waals surface area contributed by atoms with Crippen LogP contribution in [0.15, 0.2) is 0 Å². The average Bonchev–Trinajstić information content (AvgIpc) is 2.01. The van der Waals surface area contributed by atoms with Gasteiger partial charge in [-0.25, -0.2) is 13.6 Å². The van der Waals surface area contributed by atoms with E-state index in [9.17, 15) is 13.6 Å². The fourth-order valence-corrected chi connectivity index (χ4v) is 0.343. The molecule has 0 aromatic rings. The Balaban J connectivity index is 3.76. The summed E-state index contributed by atoms with van der Waals surface area (Å²) in [4.78, 5) is 10.4. The smallest absolute Gasteiger partial charge is 0.384 e. The van der Waals surface area contributed by atoms with Crippen molar-refractivity contribution in [3.8, 4) is 11.8 Å². The number of hydrogen-bond donors (Lipinski definition) is 0. The fourth-order valence-electron chi connectivity index (χ4n) is 0.343. The van der Waals surface area contributed by atoms with Gasteiger partial charge in [-0.3, -0.25) is 0 Å². The van der Waals surface area contributed by atoms with Crippen LogP contribution in [0.3, 0.4) is 0 Å². The summed E-state index contributed by atoms with van der Waals surface area (Å²) in [5, 5.41) is 0. The number of halogens is 2. The van der Waals surface area contributed by atoms with Crippen molar-refractivity contribution in [1.82, 2.24) is 0 Å². The van der Waals surface area contributed by atoms with Crippen molar-refractivity contribution >= 4 is 5.97 Å². The van der Waals surface area contributed by atoms with E-state index in [0.29, 0.717) is 0 Å². The number of ether oxygens (including phenoxy) is 1. The Morgan fingerprint density at radius 2 is 2.36 bits per heavy atom. The molecule has 0 rings (SSSR count). The van der Waals surface area contributed by atoms with E-state index in [2.05, 4.69) is 4.74 Å². The highest BCUT2D eigenvalue weighted by Gasteiger charge is 1.99. The van der Waals surface area contributed by atoms with E-state index in [4.69, 9.17) is 0 Å². The Morgan fingerprint density at radius 1 is 1.73 bits per heavy atom. The Labute approximate surface area is 63.5 Å². The van der Waals surface area contributed by atoms with Gasteiger partial charge in [0, 0.05) is 5.92 Å². The minimum atomic E-state index is -1.89. The molecule has 1 atom stereocenters. The summed E-state index contributed by atoms with van der Waals surface area (Å²) in [5.74, 6) is 2.73. The summed E-state index contributed by atoms with van der Waals surface area (Å²) in [6, 6.07) is 0. The second kappa shape index (κ2) is 5.66. The molecule has 0 spiro atoms. The highest BCUT2D eigenvalue weighted by Crippen LogP contribution is 1.87. The predicted octanol–water partition coefficient (Wildman–Crippen LogP) is 0.861. The molecule has 4 heteroatoms. The van der Waals surface area contributed by atoms with Crippen LogP contribution in [-0.2, 0) is 9.53 Å². The Kier molecular flexibility index (Phi) is 5.09. The number of esters is 1. The second-order valence-electron chi connectivity index (χ2n) is 1.61. The SMILES string of the molecule is CCOC(=O)C#CC(F)CF. The first kappa shape index (κ1) is 9.89. The van der Waals surface area contributed by atoms with Crippen molar-refractivity contribution in [2.24, 2.45) is 0 Å². The van der Waals surface area contributed by atoms with Crippen molar-refractivity contribution in [2.45, 2.75) is 13.1 Å². The summed E-state index contributed by atoms with van der Waals surface area (Å²) in [5.41, 5.74) is 0. The lowest BCUT2D eigenvalue weighted by Gasteiger charge is -1.91. The number of hydrogen-bond acceptors (Lipinski definition) is 2. The summed E-state index contributed by atoms with van der Waals surface area (Å²) in [6.07, 6.45) is -1.89. The fraction of sp³-hybridized carbons (Fsp3) is 0.571. The number of carbonyl (C=O) groups excluding carboxylic acids is 1. The third-order valence-corrected chi connectivity index (χ3v) is 0.742. The monoisotopic (exact) mass is 162 g/mol. The molecule has 0 bridgehead atoms. The first-order valence-electron chi connectivity index (χ1n) is 3.09. The van der Waals surface area contributed by atoms with Crippen LogP contribution in [0.25, 0.3) is 0 Å². The first-order chi connectivity index (χ1) is 5.20. The molecule has 2 nitrogen and oxygen atoms in total. The molecule has 0 fully saturated rings. The van der Waals surface area contributed by atoms with Crippen LogP contribution in [0.2, 0.25) is 0 Å². The van der Waals surface area contributed by atoms with Crippen molar-refractivity contribution in [2.75, 3.05) is 13.3 Å². The van der Waals surface area contributed by atoms with Crippen molar-refractivity contribution in [1.29, 1.82) is 0 Å². The van der Waals surface area contributed by atoms with Crippen LogP contribution in [0.4, 0.5) is 8.78 Å². The van der Waals surface area contributed by atoms with E-state index < -0.39 is 18.8 Å². The lowest BCUT2D eigenvalue weighted by Crippen LogP contribution is -2.03. The topological polar surface area (TPSA) is 26.3 Å². The molecule has 0 aromatic heterocycles. The molecule has 0 aliphatic carbocycles. The van der Waals surface area contributed by atoms with Gasteiger partial charge in [-0.05, 0) is 6.92 Å². The maximum absolute atomic E-state index is 12.0. The van der Waals surface area contributed by atoms with Crippen LogP contribution < -0.4 is 0 Å². The standard InChI is InChI=1S/C7H8F2O2/c1-2-11-7(10)4-3-6(9)5-8/h6H,2,5H2,1H3. The third-order valence-electron chi connectivity index (χ3n) is 0.742. The lowest BCUT2D eigenvalue weighted by atomic mass is 10.4. The van der Waals surface area contributed by atoms with E-state index in [1.165, 1.54) is 0 Å². The zero-order valence-corrected chi connectivity index (χ0v) is 6.06. The molecule has 1 unspecified atom stereocenters. The number of rotatable bonds is 2. The quantitative estimate of drug-likeness (QED) is 0.342. The maximum atomic E-state index is 12.0. The molecule has 0 aromatic carbocycles. The predicted molar refractivity (Wildman–Crippen MR) is 35.3 cm³/mol. The maximum Gasteiger partial charge on any atom is 0.384 e. The lowest BCUT2D eigenvalue weighted by molar-refractivity contribution is -0.136. The zero-order valence-electron chi connectivity index (χ0n) is 6.06. The number of carbonyl (C=O) groups is 1. The molecular weight excluding hydrogens is 154 g/mol. The van der Waals surface area contributed by atoms with Gasteiger partial charge in [0.05, 0.1) is 6.61 Å². The van der Waals surface area contributed by atoms with Gasteiger partial charge in [-0.2, -0.15) is 0 Å². The largest absolute Gasteiger partial charge is 0.456 e. The summed E-state index contributed by atoms with van der Waals surface area (Å²) in [6.45, 7) is 0.578. The summed E-state index contributed by atoms with van der Waals surface area (Å²) in [7, 11) is 0. The summed E-state index contributed by atoms with van der Waals surface area (Å²) >= 11 is 0. The molecule has 0 saturated heterocycles. The van der Waals surface area contributed by atoms with Gasteiger partial charge in [0.15, 0.2) is 6.17 Å². The highest BCUT2D eigenvalue weighted by atomic mass is 19.2. The molecule has 0 saturated carbocycles. The Bertz CT molecular complexity index is 181. The van der Waals surface area contributed by atoms with Crippen LogP contribution in [-0.4, -0.2) is 25.4 Å². The molecule has 0 aliphatic rings. The van der Waals surface area contributed by atoms with Crippen molar-refractivity contribution in [3.05, 3.63) is 0 Å². The van der Waals surface area contributed by atoms with Crippen molar-refractivity contribution < 1.29 is 18.3 Å². The van der Waals surface area contributed by atoms with Crippen LogP contribution in [0, 0.1) is 11.8 Å². The van der Waals surface area contributed by atoms with Crippen LogP contribution in [0.5, 0.6) is 0 Å². The normalized spacial score (nSPS) is 11.2. The minimum absolute atomic E-state index is 0.181. The van der Waals surface area contributed by atoms with E-state index in [1.54, 1.807) is 12.8 Å². The molecule has 0 radical (unpaired) electrons. The van der Waals surface area contributed by atoms with Gasteiger partial charge >= 0.3 is 5.97 Å². The van der Waals surface area contributed by atoms with Crippen LogP contribution >= 0.6 is 0 Å². The van der Waals surface area contributed by atoms with Gasteiger partial charge in [0.1, 0.15) is 6.67 Å². The van der Waals surface area contributed by atoms with E-state index in [-0.39, 0.29) is 6.61 Å². The van der Waals surface area contributed by atoms with E-state index >= 15 is 0 Å². The van der Waals surface area contributed by atoms with Gasteiger partial charge < -0.3 is 4.74 Å². The zero-order chi connectivity index (χ0) is 8.69. The van der Waals surface area contributed by atoms with Crippen LogP contribution in [0.1, 0.15) is 6.92 Å². The summed E-state index contributed by atoms with van der Waals surface area (Å²) < 4.78 is 27.7. The van der Waals surface area contributed by atoms with Gasteiger partial charge in [-0.15, -0.1) is 0 Å². The molecular formula is C7H8F2O2. The van der Waals surface area contributed by atoms with Gasteiger partial charge in [-0.1, -0.05) is 5.92 Å². The molecule has 0 amide bonds. The Morgan fingerprint density at radius 3 is 2.82 bits per heavy atom. The molecule has 11 heavy (non-hydrogen) atoms. The minimum Gasteiger partial charge on any atom is -0.456 e. The van der Waals surface area contributed by atoms with Gasteiger partial charge in [0.2, 0.25) is 0 Å². The highest BCUT2D eigenvalue weighted by molar-refractivity contribution is 5.88.